The minimum atomic E-state index is -0.215. The summed E-state index contributed by atoms with van der Waals surface area (Å²) in [6, 6.07) is 4.19. The molecular weight excluding hydrogens is 326 g/mol. The molecule has 132 valence electrons. The van der Waals surface area contributed by atoms with Crippen LogP contribution in [0.2, 0.25) is 0 Å². The third-order valence-corrected chi connectivity index (χ3v) is 7.57. The first-order valence-corrected chi connectivity index (χ1v) is 9.32. The highest BCUT2D eigenvalue weighted by atomic mass is 16.2. The fourth-order valence-corrected chi connectivity index (χ4v) is 6.38. The lowest BCUT2D eigenvalue weighted by atomic mass is 9.40. The van der Waals surface area contributed by atoms with Gasteiger partial charge in [0.1, 0.15) is 0 Å². The summed E-state index contributed by atoms with van der Waals surface area (Å²) in [7, 11) is 1.58. The van der Waals surface area contributed by atoms with Crippen LogP contribution in [0.1, 0.15) is 40.8 Å². The smallest absolute Gasteiger partial charge is 0.246 e. The minimum Gasteiger partial charge on any atom is -0.246 e. The number of benzene rings is 1. The highest BCUT2D eigenvalue weighted by molar-refractivity contribution is 5.60. The Morgan fingerprint density at radius 1 is 0.962 bits per heavy atom. The average Bonchev–Trinajstić information content (AvgIpc) is 2.85. The van der Waals surface area contributed by atoms with Gasteiger partial charge in [-0.3, -0.25) is 0 Å². The maximum atomic E-state index is 12.9. The number of rotatable bonds is 0. The van der Waals surface area contributed by atoms with Gasteiger partial charge >= 0.3 is 11.4 Å². The van der Waals surface area contributed by atoms with Gasteiger partial charge in [-0.1, -0.05) is 36.4 Å². The van der Waals surface area contributed by atoms with Crippen molar-refractivity contribution in [2.45, 2.75) is 44.2 Å². The van der Waals surface area contributed by atoms with Gasteiger partial charge < -0.3 is 0 Å². The summed E-state index contributed by atoms with van der Waals surface area (Å²) < 4.78 is 4.68. The predicted octanol–water partition coefficient (Wildman–Crippen LogP) is 2.07. The Morgan fingerprint density at radius 2 is 1.62 bits per heavy atom. The van der Waals surface area contributed by atoms with Crippen LogP contribution in [0.15, 0.2) is 46.0 Å². The zero-order valence-electron chi connectivity index (χ0n) is 15.2. The maximum absolute atomic E-state index is 12.9. The molecule has 3 heterocycles. The fraction of sp³-hybridized carbons (Fsp3) is 0.429. The lowest BCUT2D eigenvalue weighted by molar-refractivity contribution is -0.00767. The Morgan fingerprint density at radius 3 is 2.31 bits per heavy atom. The van der Waals surface area contributed by atoms with Crippen LogP contribution in [-0.4, -0.2) is 13.9 Å². The highest BCUT2D eigenvalue weighted by Gasteiger charge is 2.70. The lowest BCUT2D eigenvalue weighted by Gasteiger charge is -2.67. The molecule has 0 amide bonds. The molecule has 26 heavy (non-hydrogen) atoms. The van der Waals surface area contributed by atoms with Crippen LogP contribution in [0.4, 0.5) is 0 Å². The Kier molecular flexibility index (Phi) is 2.28. The first-order chi connectivity index (χ1) is 12.4. The third kappa shape index (κ3) is 1.17. The summed E-state index contributed by atoms with van der Waals surface area (Å²) in [5.41, 5.74) is 4.71. The Labute approximate surface area is 150 Å². The first-order valence-electron chi connectivity index (χ1n) is 9.32. The number of fused-ring (bicyclic) bond motifs is 1. The fourth-order valence-electron chi connectivity index (χ4n) is 6.38. The van der Waals surface area contributed by atoms with E-state index >= 15 is 0 Å². The van der Waals surface area contributed by atoms with E-state index in [9.17, 15) is 9.59 Å². The molecule has 1 aromatic heterocycles. The number of allylic oxidation sites excluding steroid dienone is 4. The van der Waals surface area contributed by atoms with E-state index in [2.05, 4.69) is 50.3 Å². The van der Waals surface area contributed by atoms with Gasteiger partial charge in [0, 0.05) is 12.5 Å². The molecule has 0 unspecified atom stereocenters. The van der Waals surface area contributed by atoms with Crippen LogP contribution >= 0.6 is 0 Å². The molecule has 0 spiro atoms. The predicted molar refractivity (Wildman–Crippen MR) is 98.6 cm³/mol. The normalized spacial score (nSPS) is 34.7. The van der Waals surface area contributed by atoms with Crippen molar-refractivity contribution in [3.05, 3.63) is 79.7 Å². The zero-order chi connectivity index (χ0) is 18.0. The van der Waals surface area contributed by atoms with Crippen molar-refractivity contribution in [3.63, 3.8) is 0 Å². The summed E-state index contributed by atoms with van der Waals surface area (Å²) in [6.45, 7) is 4.37. The number of hydrogen-bond donors (Lipinski definition) is 0. The van der Waals surface area contributed by atoms with Crippen molar-refractivity contribution in [3.8, 4) is 0 Å². The van der Waals surface area contributed by atoms with Gasteiger partial charge in [-0.15, -0.1) is 0 Å². The average molecular weight is 347 g/mol. The molecule has 5 heteroatoms. The van der Waals surface area contributed by atoms with Gasteiger partial charge in [0.15, 0.2) is 0 Å². The third-order valence-electron chi connectivity index (χ3n) is 7.57. The van der Waals surface area contributed by atoms with E-state index in [-0.39, 0.29) is 34.3 Å². The van der Waals surface area contributed by atoms with Crippen molar-refractivity contribution in [2.75, 3.05) is 0 Å². The minimum absolute atomic E-state index is 0.0908. The van der Waals surface area contributed by atoms with Crippen molar-refractivity contribution < 1.29 is 0 Å². The molecule has 0 saturated heterocycles. The molecule has 7 rings (SSSR count). The molecule has 0 N–H and O–H groups in total. The van der Waals surface area contributed by atoms with Gasteiger partial charge in [-0.25, -0.2) is 23.5 Å². The molecule has 1 aromatic carbocycles. The number of hydrogen-bond acceptors (Lipinski definition) is 2. The molecule has 2 aromatic rings. The molecule has 2 bridgehead atoms. The summed E-state index contributed by atoms with van der Waals surface area (Å²) in [6.07, 6.45) is 11.0. The number of aromatic nitrogens is 3. The SMILES string of the molecule is Cc1ccc(C)c2c1CC[C@]13C=C[C@]21[C@@H]1C=C[C@@H]3n2c(=O)n(C)c(=O)n21. The van der Waals surface area contributed by atoms with E-state index in [1.807, 2.05) is 0 Å². The topological polar surface area (TPSA) is 48.9 Å². The maximum Gasteiger partial charge on any atom is 0.347 e. The quantitative estimate of drug-likeness (QED) is 0.685. The molecule has 2 aliphatic heterocycles. The summed E-state index contributed by atoms with van der Waals surface area (Å²) in [5, 5.41) is 0. The van der Waals surface area contributed by atoms with Gasteiger partial charge in [-0.05, 0) is 48.9 Å². The van der Waals surface area contributed by atoms with Gasteiger partial charge in [0.2, 0.25) is 0 Å². The van der Waals surface area contributed by atoms with Crippen LogP contribution in [0.5, 0.6) is 0 Å². The second-order valence-corrected chi connectivity index (χ2v) is 8.38. The van der Waals surface area contributed by atoms with Gasteiger partial charge in [0.05, 0.1) is 17.5 Å². The number of aryl methyl sites for hydroxylation is 2. The first kappa shape index (κ1) is 14.6. The van der Waals surface area contributed by atoms with E-state index in [0.717, 1.165) is 12.8 Å². The molecule has 4 atom stereocenters. The van der Waals surface area contributed by atoms with E-state index in [0.29, 0.717) is 0 Å². The van der Waals surface area contributed by atoms with Crippen LogP contribution in [0.3, 0.4) is 0 Å². The van der Waals surface area contributed by atoms with Crippen molar-refractivity contribution in [1.82, 2.24) is 13.9 Å². The van der Waals surface area contributed by atoms with Gasteiger partial charge in [-0.2, -0.15) is 0 Å². The molecule has 0 fully saturated rings. The largest absolute Gasteiger partial charge is 0.347 e. The van der Waals surface area contributed by atoms with Crippen LogP contribution in [-0.2, 0) is 18.9 Å². The van der Waals surface area contributed by atoms with E-state index in [1.165, 1.54) is 26.8 Å². The van der Waals surface area contributed by atoms with Crippen molar-refractivity contribution in [1.29, 1.82) is 0 Å². The van der Waals surface area contributed by atoms with E-state index < -0.39 is 0 Å². The second-order valence-electron chi connectivity index (χ2n) is 8.38. The molecule has 5 nitrogen and oxygen atoms in total. The summed E-state index contributed by atoms with van der Waals surface area (Å²) >= 11 is 0. The molecule has 5 aliphatic rings. The van der Waals surface area contributed by atoms with E-state index in [4.69, 9.17) is 0 Å². The van der Waals surface area contributed by atoms with Crippen molar-refractivity contribution in [2.24, 2.45) is 12.5 Å². The standard InChI is InChI=1S/C21H21N3O2/c1-12-4-5-13(2)17-14(12)8-9-20-10-11-21(17,20)16-7-6-15(20)23-18(25)22(3)19(26)24(16)23/h4-7,10-11,15-16H,8-9H2,1-3H3/t15-,16-,20+,21-/m0/s1. The summed E-state index contributed by atoms with van der Waals surface area (Å²) in [4.78, 5) is 25.7. The monoisotopic (exact) mass is 347 g/mol. The lowest BCUT2D eigenvalue weighted by Crippen LogP contribution is -2.68. The summed E-state index contributed by atoms with van der Waals surface area (Å²) in [5.74, 6) is 0. The van der Waals surface area contributed by atoms with Crippen molar-refractivity contribution >= 4 is 0 Å². The van der Waals surface area contributed by atoms with Crippen LogP contribution < -0.4 is 11.4 Å². The van der Waals surface area contributed by atoms with Crippen LogP contribution in [0.25, 0.3) is 0 Å². The molecule has 0 saturated carbocycles. The molecule has 0 radical (unpaired) electrons. The molecular formula is C21H21N3O2. The second kappa shape index (κ2) is 4.05. The van der Waals surface area contributed by atoms with E-state index in [1.54, 1.807) is 16.4 Å². The Balaban J connectivity index is 1.78. The van der Waals surface area contributed by atoms with Gasteiger partial charge in [0.25, 0.3) is 0 Å². The van der Waals surface area contributed by atoms with Crippen LogP contribution in [0, 0.1) is 19.3 Å². The Bertz CT molecular complexity index is 1190. The molecule has 3 aliphatic carbocycles. The zero-order valence-corrected chi connectivity index (χ0v) is 15.2. The Hall–Kier alpha value is -2.56. The highest BCUT2D eigenvalue weighted by Crippen LogP contribution is 2.71. The number of nitrogens with zero attached hydrogens (tertiary/aromatic N) is 3.